The fourth-order valence-corrected chi connectivity index (χ4v) is 3.49. The second-order valence-corrected chi connectivity index (χ2v) is 6.99. The molecule has 0 aromatic heterocycles. The van der Waals surface area contributed by atoms with E-state index in [-0.39, 0.29) is 13.2 Å². The van der Waals surface area contributed by atoms with E-state index in [1.807, 2.05) is 72.8 Å². The van der Waals surface area contributed by atoms with Gasteiger partial charge in [-0.05, 0) is 21.9 Å². The summed E-state index contributed by atoms with van der Waals surface area (Å²) < 4.78 is 4.77. The standard InChI is InChI=1S/C23H21N3O4/c27-21-15-30-23(29)26(21)14-20(17-8-2-1-3-9-17)25-22(28)24-13-18-11-6-10-16-7-4-5-12-19(16)18/h1-12,20H,13-15H2,(H2,24,25,28)/t20-/m0/s1. The van der Waals surface area contributed by atoms with Gasteiger partial charge in [0.15, 0.2) is 6.61 Å². The van der Waals surface area contributed by atoms with Gasteiger partial charge in [0.25, 0.3) is 5.91 Å². The van der Waals surface area contributed by atoms with Gasteiger partial charge < -0.3 is 15.4 Å². The monoisotopic (exact) mass is 403 g/mol. The number of urea groups is 1. The Morgan fingerprint density at radius 2 is 1.70 bits per heavy atom. The molecule has 30 heavy (non-hydrogen) atoms. The molecule has 1 aliphatic heterocycles. The number of imide groups is 1. The Balaban J connectivity index is 1.46. The minimum absolute atomic E-state index is 0.00334. The highest BCUT2D eigenvalue weighted by Crippen LogP contribution is 2.19. The second kappa shape index (κ2) is 8.65. The maximum atomic E-state index is 12.6. The van der Waals surface area contributed by atoms with Crippen molar-refractivity contribution in [1.29, 1.82) is 0 Å². The summed E-state index contributed by atoms with van der Waals surface area (Å²) in [6.07, 6.45) is -0.695. The van der Waals surface area contributed by atoms with E-state index in [4.69, 9.17) is 4.74 Å². The number of nitrogens with zero attached hydrogens (tertiary/aromatic N) is 1. The second-order valence-electron chi connectivity index (χ2n) is 6.99. The lowest BCUT2D eigenvalue weighted by atomic mass is 10.0. The summed E-state index contributed by atoms with van der Waals surface area (Å²) >= 11 is 0. The summed E-state index contributed by atoms with van der Waals surface area (Å²) in [6, 6.07) is 22.2. The van der Waals surface area contributed by atoms with Gasteiger partial charge in [-0.2, -0.15) is 0 Å². The zero-order valence-corrected chi connectivity index (χ0v) is 16.2. The third-order valence-electron chi connectivity index (χ3n) is 5.03. The Morgan fingerprint density at radius 1 is 0.967 bits per heavy atom. The fourth-order valence-electron chi connectivity index (χ4n) is 3.49. The molecule has 0 radical (unpaired) electrons. The zero-order valence-electron chi connectivity index (χ0n) is 16.2. The SMILES string of the molecule is O=C(NCc1cccc2ccccc12)N[C@@H](CN1C(=O)COC1=O)c1ccccc1. The number of fused-ring (bicyclic) bond motifs is 1. The van der Waals surface area contributed by atoms with Crippen molar-refractivity contribution in [2.45, 2.75) is 12.6 Å². The molecule has 3 aromatic carbocycles. The Kier molecular flexibility index (Phi) is 5.61. The number of carbonyl (C=O) groups is 3. The van der Waals surface area contributed by atoms with E-state index in [0.717, 1.165) is 26.8 Å². The van der Waals surface area contributed by atoms with Crippen molar-refractivity contribution in [1.82, 2.24) is 15.5 Å². The number of carbonyl (C=O) groups excluding carboxylic acids is 3. The summed E-state index contributed by atoms with van der Waals surface area (Å²) in [6.45, 7) is 0.0797. The Morgan fingerprint density at radius 3 is 2.47 bits per heavy atom. The Labute approximate surface area is 173 Å². The summed E-state index contributed by atoms with van der Waals surface area (Å²) in [5.41, 5.74) is 1.78. The highest BCUT2D eigenvalue weighted by molar-refractivity contribution is 5.97. The largest absolute Gasteiger partial charge is 0.439 e. The molecule has 0 unspecified atom stereocenters. The molecular weight excluding hydrogens is 382 g/mol. The average molecular weight is 403 g/mol. The lowest BCUT2D eigenvalue weighted by molar-refractivity contribution is -0.126. The predicted molar refractivity (Wildman–Crippen MR) is 112 cm³/mol. The predicted octanol–water partition coefficient (Wildman–Crippen LogP) is 3.36. The number of nitrogens with one attached hydrogen (secondary N) is 2. The molecule has 152 valence electrons. The van der Waals surface area contributed by atoms with E-state index in [9.17, 15) is 14.4 Å². The van der Waals surface area contributed by atoms with Crippen LogP contribution in [0.5, 0.6) is 0 Å². The third-order valence-corrected chi connectivity index (χ3v) is 5.03. The molecule has 0 saturated carbocycles. The topological polar surface area (TPSA) is 87.7 Å². The minimum atomic E-state index is -0.695. The molecule has 7 heteroatoms. The van der Waals surface area contributed by atoms with Crippen LogP contribution in [0.15, 0.2) is 72.8 Å². The summed E-state index contributed by atoms with van der Waals surface area (Å²) in [4.78, 5) is 37.4. The molecular formula is C23H21N3O4. The van der Waals surface area contributed by atoms with E-state index in [0.29, 0.717) is 6.54 Å². The molecule has 0 spiro atoms. The van der Waals surface area contributed by atoms with Gasteiger partial charge in [-0.15, -0.1) is 0 Å². The minimum Gasteiger partial charge on any atom is -0.439 e. The molecule has 0 aliphatic carbocycles. The highest BCUT2D eigenvalue weighted by atomic mass is 16.6. The van der Waals surface area contributed by atoms with Gasteiger partial charge >= 0.3 is 12.1 Å². The van der Waals surface area contributed by atoms with Gasteiger partial charge in [-0.1, -0.05) is 72.8 Å². The van der Waals surface area contributed by atoms with Gasteiger partial charge in [-0.3, -0.25) is 4.79 Å². The molecule has 0 bridgehead atoms. The van der Waals surface area contributed by atoms with E-state index in [1.54, 1.807) is 0 Å². The molecule has 4 amide bonds. The number of benzene rings is 3. The van der Waals surface area contributed by atoms with Crippen LogP contribution < -0.4 is 10.6 Å². The first-order valence-corrected chi connectivity index (χ1v) is 9.65. The molecule has 1 atom stereocenters. The van der Waals surface area contributed by atoms with Crippen molar-refractivity contribution in [3.8, 4) is 0 Å². The number of rotatable bonds is 6. The molecule has 1 aliphatic rings. The maximum absolute atomic E-state index is 12.6. The number of ether oxygens (including phenoxy) is 1. The Hall–Kier alpha value is -3.87. The number of hydrogen-bond donors (Lipinski definition) is 2. The first-order chi connectivity index (χ1) is 14.6. The number of hydrogen-bond acceptors (Lipinski definition) is 4. The smallest absolute Gasteiger partial charge is 0.417 e. The van der Waals surface area contributed by atoms with Crippen LogP contribution in [0.4, 0.5) is 9.59 Å². The van der Waals surface area contributed by atoms with Crippen molar-refractivity contribution < 1.29 is 19.1 Å². The Bertz CT molecular complexity index is 1060. The molecule has 1 saturated heterocycles. The van der Waals surface area contributed by atoms with Crippen molar-refractivity contribution in [2.75, 3.05) is 13.2 Å². The highest BCUT2D eigenvalue weighted by Gasteiger charge is 2.33. The van der Waals surface area contributed by atoms with Gasteiger partial charge in [0.05, 0.1) is 12.6 Å². The fraction of sp³-hybridized carbons (Fsp3) is 0.174. The van der Waals surface area contributed by atoms with Crippen LogP contribution in [0.2, 0.25) is 0 Å². The first kappa shape index (κ1) is 19.4. The first-order valence-electron chi connectivity index (χ1n) is 9.65. The van der Waals surface area contributed by atoms with Crippen molar-refractivity contribution >= 4 is 28.8 Å². The zero-order chi connectivity index (χ0) is 20.9. The normalized spacial score (nSPS) is 14.5. The van der Waals surface area contributed by atoms with Gasteiger partial charge in [0, 0.05) is 6.54 Å². The molecule has 7 nitrogen and oxygen atoms in total. The molecule has 3 aromatic rings. The van der Waals surface area contributed by atoms with Crippen molar-refractivity contribution in [2.24, 2.45) is 0 Å². The maximum Gasteiger partial charge on any atom is 0.417 e. The number of amides is 4. The van der Waals surface area contributed by atoms with Crippen LogP contribution in [-0.4, -0.2) is 36.1 Å². The van der Waals surface area contributed by atoms with Crippen molar-refractivity contribution in [3.05, 3.63) is 83.9 Å². The number of cyclic esters (lactones) is 1. The molecule has 4 rings (SSSR count). The van der Waals surface area contributed by atoms with Crippen LogP contribution in [0.25, 0.3) is 10.8 Å². The quantitative estimate of drug-likeness (QED) is 0.661. The van der Waals surface area contributed by atoms with Crippen molar-refractivity contribution in [3.63, 3.8) is 0 Å². The van der Waals surface area contributed by atoms with E-state index in [2.05, 4.69) is 10.6 Å². The van der Waals surface area contributed by atoms with Crippen LogP contribution in [-0.2, 0) is 16.1 Å². The van der Waals surface area contributed by atoms with E-state index in [1.165, 1.54) is 0 Å². The van der Waals surface area contributed by atoms with Gasteiger partial charge in [0.2, 0.25) is 0 Å². The van der Waals surface area contributed by atoms with E-state index >= 15 is 0 Å². The lowest BCUT2D eigenvalue weighted by Gasteiger charge is -2.23. The van der Waals surface area contributed by atoms with Gasteiger partial charge in [0.1, 0.15) is 0 Å². The lowest BCUT2D eigenvalue weighted by Crippen LogP contribution is -2.43. The van der Waals surface area contributed by atoms with E-state index < -0.39 is 24.1 Å². The molecule has 1 heterocycles. The van der Waals surface area contributed by atoms with Crippen LogP contribution in [0.3, 0.4) is 0 Å². The van der Waals surface area contributed by atoms with Crippen LogP contribution in [0, 0.1) is 0 Å². The summed E-state index contributed by atoms with van der Waals surface area (Å²) in [7, 11) is 0. The third kappa shape index (κ3) is 4.25. The van der Waals surface area contributed by atoms with Crippen LogP contribution >= 0.6 is 0 Å². The summed E-state index contributed by atoms with van der Waals surface area (Å²) in [5.74, 6) is -0.418. The van der Waals surface area contributed by atoms with Gasteiger partial charge in [-0.25, -0.2) is 14.5 Å². The molecule has 1 fully saturated rings. The summed E-state index contributed by atoms with van der Waals surface area (Å²) in [5, 5.41) is 7.91. The average Bonchev–Trinajstić information content (AvgIpc) is 3.10. The molecule has 2 N–H and O–H groups in total. The van der Waals surface area contributed by atoms with Crippen LogP contribution in [0.1, 0.15) is 17.2 Å².